The smallest absolute Gasteiger partial charge is 0.270 e. The Labute approximate surface area is 224 Å². The number of nitriles is 1. The Morgan fingerprint density at radius 1 is 1.16 bits per heavy atom. The molecule has 2 aliphatic rings. The molecule has 194 valence electrons. The number of rotatable bonds is 7. The molecule has 37 heavy (non-hydrogen) atoms. The van der Waals surface area contributed by atoms with Gasteiger partial charge in [-0.15, -0.1) is 0 Å². The first-order valence-electron chi connectivity index (χ1n) is 11.9. The maximum atomic E-state index is 13.4. The van der Waals surface area contributed by atoms with Gasteiger partial charge in [0.1, 0.15) is 27.6 Å². The van der Waals surface area contributed by atoms with Crippen molar-refractivity contribution >= 4 is 51.8 Å². The standard InChI is InChI=1S/C26H28FN5O3S2/c1-17-20(15-22-25(34)32(26(36)37-22)9-4-14-35-3)23(29(2)24(33)21(17)16-28)31-12-10-30(11-13-31)19-7-5-18(27)6-8-19/h5-8,15H,4,9-14H2,1-3H3/b22-15-. The Balaban J connectivity index is 1.68. The fourth-order valence-corrected chi connectivity index (χ4v) is 5.90. The van der Waals surface area contributed by atoms with Crippen LogP contribution in [0.5, 0.6) is 0 Å². The van der Waals surface area contributed by atoms with Gasteiger partial charge in [-0.2, -0.15) is 5.26 Å². The molecular formula is C26H28FN5O3S2. The number of methoxy groups -OCH3 is 1. The molecule has 11 heteroatoms. The fraction of sp³-hybridized carbons (Fsp3) is 0.385. The van der Waals surface area contributed by atoms with Crippen molar-refractivity contribution in [3.63, 3.8) is 0 Å². The number of ether oxygens (including phenoxy) is 1. The van der Waals surface area contributed by atoms with Crippen molar-refractivity contribution in [3.8, 4) is 6.07 Å². The summed E-state index contributed by atoms with van der Waals surface area (Å²) < 4.78 is 20.4. The lowest BCUT2D eigenvalue weighted by Crippen LogP contribution is -2.48. The normalized spacial score (nSPS) is 17.2. The number of amides is 1. The van der Waals surface area contributed by atoms with Gasteiger partial charge in [0.2, 0.25) is 0 Å². The second-order valence-electron chi connectivity index (χ2n) is 8.84. The van der Waals surface area contributed by atoms with E-state index in [-0.39, 0.29) is 22.8 Å². The third-order valence-electron chi connectivity index (χ3n) is 6.62. The molecule has 0 spiro atoms. The molecule has 0 N–H and O–H groups in total. The molecule has 0 unspecified atom stereocenters. The summed E-state index contributed by atoms with van der Waals surface area (Å²) in [5, 5.41) is 9.70. The summed E-state index contributed by atoms with van der Waals surface area (Å²) >= 11 is 6.67. The van der Waals surface area contributed by atoms with E-state index in [0.717, 1.165) is 5.69 Å². The molecule has 0 radical (unpaired) electrons. The summed E-state index contributed by atoms with van der Waals surface area (Å²) in [7, 11) is 3.26. The van der Waals surface area contributed by atoms with Crippen LogP contribution in [0.15, 0.2) is 34.0 Å². The number of thioether (sulfide) groups is 1. The van der Waals surface area contributed by atoms with Crippen molar-refractivity contribution in [2.24, 2.45) is 7.05 Å². The molecular weight excluding hydrogens is 513 g/mol. The highest BCUT2D eigenvalue weighted by atomic mass is 32.2. The largest absolute Gasteiger partial charge is 0.385 e. The third kappa shape index (κ3) is 5.42. The number of hydrogen-bond acceptors (Lipinski definition) is 8. The highest BCUT2D eigenvalue weighted by Gasteiger charge is 2.33. The molecule has 1 aromatic carbocycles. The van der Waals surface area contributed by atoms with E-state index in [2.05, 4.69) is 9.80 Å². The zero-order valence-corrected chi connectivity index (χ0v) is 22.6. The predicted molar refractivity (Wildman–Crippen MR) is 148 cm³/mol. The summed E-state index contributed by atoms with van der Waals surface area (Å²) in [6, 6.07) is 8.43. The number of benzene rings is 1. The number of piperazine rings is 1. The van der Waals surface area contributed by atoms with Crippen molar-refractivity contribution in [1.29, 1.82) is 5.26 Å². The van der Waals surface area contributed by atoms with Gasteiger partial charge in [-0.25, -0.2) is 4.39 Å². The van der Waals surface area contributed by atoms with Crippen molar-refractivity contribution in [1.82, 2.24) is 9.47 Å². The lowest BCUT2D eigenvalue weighted by molar-refractivity contribution is -0.122. The summed E-state index contributed by atoms with van der Waals surface area (Å²) in [6.45, 7) is 5.27. The molecule has 0 aliphatic carbocycles. The van der Waals surface area contributed by atoms with E-state index < -0.39 is 0 Å². The van der Waals surface area contributed by atoms with Gasteiger partial charge in [0, 0.05) is 64.7 Å². The van der Waals surface area contributed by atoms with Crippen LogP contribution in [0.25, 0.3) is 6.08 Å². The lowest BCUT2D eigenvalue weighted by Gasteiger charge is -2.38. The van der Waals surface area contributed by atoms with E-state index >= 15 is 0 Å². The van der Waals surface area contributed by atoms with Gasteiger partial charge in [0.15, 0.2) is 0 Å². The van der Waals surface area contributed by atoms with E-state index in [9.17, 15) is 19.2 Å². The van der Waals surface area contributed by atoms with Gasteiger partial charge in [0.05, 0.1) is 4.91 Å². The fourth-order valence-electron chi connectivity index (χ4n) is 4.61. The van der Waals surface area contributed by atoms with E-state index in [1.165, 1.54) is 28.5 Å². The van der Waals surface area contributed by atoms with Crippen LogP contribution in [0, 0.1) is 24.1 Å². The van der Waals surface area contributed by atoms with Crippen LogP contribution in [0.4, 0.5) is 15.9 Å². The van der Waals surface area contributed by atoms with Crippen LogP contribution < -0.4 is 15.4 Å². The van der Waals surface area contributed by atoms with Gasteiger partial charge in [-0.05, 0) is 49.2 Å². The molecule has 0 atom stereocenters. The van der Waals surface area contributed by atoms with Gasteiger partial charge in [-0.3, -0.25) is 19.1 Å². The van der Waals surface area contributed by atoms with Crippen LogP contribution in [0.3, 0.4) is 0 Å². The van der Waals surface area contributed by atoms with Crippen LogP contribution >= 0.6 is 24.0 Å². The molecule has 4 rings (SSSR count). The molecule has 0 bridgehead atoms. The number of nitrogens with zero attached hydrogens (tertiary/aromatic N) is 5. The zero-order valence-electron chi connectivity index (χ0n) is 21.0. The highest BCUT2D eigenvalue weighted by molar-refractivity contribution is 8.26. The topological polar surface area (TPSA) is 81.8 Å². The second-order valence-corrected chi connectivity index (χ2v) is 10.5. The summed E-state index contributed by atoms with van der Waals surface area (Å²) in [5.41, 5.74) is 1.80. The van der Waals surface area contributed by atoms with Gasteiger partial charge >= 0.3 is 0 Å². The van der Waals surface area contributed by atoms with E-state index in [0.29, 0.717) is 71.9 Å². The molecule has 3 heterocycles. The van der Waals surface area contributed by atoms with Crippen molar-refractivity contribution in [2.45, 2.75) is 13.3 Å². The molecule has 1 amide bonds. The average molecular weight is 542 g/mol. The number of thiocarbonyl (C=S) groups is 1. The number of anilines is 2. The third-order valence-corrected chi connectivity index (χ3v) is 8.00. The molecule has 2 aromatic rings. The maximum absolute atomic E-state index is 13.4. The van der Waals surface area contributed by atoms with E-state index in [1.54, 1.807) is 44.2 Å². The molecule has 8 nitrogen and oxygen atoms in total. The number of carbonyl (C=O) groups is 1. The maximum Gasteiger partial charge on any atom is 0.270 e. The van der Waals surface area contributed by atoms with Crippen molar-refractivity contribution in [2.75, 3.05) is 56.2 Å². The van der Waals surface area contributed by atoms with Gasteiger partial charge < -0.3 is 14.5 Å². The molecule has 2 fully saturated rings. The summed E-state index contributed by atoms with van der Waals surface area (Å²) in [4.78, 5) is 32.5. The predicted octanol–water partition coefficient (Wildman–Crippen LogP) is 3.27. The van der Waals surface area contributed by atoms with Crippen molar-refractivity contribution in [3.05, 3.63) is 62.0 Å². The Morgan fingerprint density at radius 2 is 1.81 bits per heavy atom. The first-order valence-corrected chi connectivity index (χ1v) is 13.1. The minimum atomic E-state index is -0.375. The Hall–Kier alpha value is -3.20. The quantitative estimate of drug-likeness (QED) is 0.300. The Bertz CT molecular complexity index is 1340. The lowest BCUT2D eigenvalue weighted by atomic mass is 10.0. The van der Waals surface area contributed by atoms with Crippen LogP contribution in [-0.2, 0) is 16.6 Å². The minimum absolute atomic E-state index is 0.0537. The van der Waals surface area contributed by atoms with E-state index in [4.69, 9.17) is 17.0 Å². The number of carbonyl (C=O) groups excluding carboxylic acids is 1. The average Bonchev–Trinajstić information content (AvgIpc) is 3.16. The summed E-state index contributed by atoms with van der Waals surface area (Å²) in [5.74, 6) is 0.189. The Kier molecular flexibility index (Phi) is 8.32. The first kappa shape index (κ1) is 26.9. The first-order chi connectivity index (χ1) is 17.8. The van der Waals surface area contributed by atoms with Crippen LogP contribution in [0.2, 0.25) is 0 Å². The Morgan fingerprint density at radius 3 is 2.43 bits per heavy atom. The molecule has 2 saturated heterocycles. The number of hydrogen-bond donors (Lipinski definition) is 0. The molecule has 0 saturated carbocycles. The SMILES string of the molecule is COCCCN1C(=O)/C(=C/c2c(C)c(C#N)c(=O)n(C)c2N2CCN(c3ccc(F)cc3)CC2)SC1=S. The van der Waals surface area contributed by atoms with Crippen LogP contribution in [-0.4, -0.2) is 66.1 Å². The van der Waals surface area contributed by atoms with Crippen LogP contribution in [0.1, 0.15) is 23.1 Å². The minimum Gasteiger partial charge on any atom is -0.385 e. The zero-order chi connectivity index (χ0) is 26.7. The summed E-state index contributed by atoms with van der Waals surface area (Å²) in [6.07, 6.45) is 2.42. The second kappa shape index (κ2) is 11.5. The van der Waals surface area contributed by atoms with Gasteiger partial charge in [-0.1, -0.05) is 24.0 Å². The monoisotopic (exact) mass is 541 g/mol. The molecule has 1 aromatic heterocycles. The number of halogens is 1. The van der Waals surface area contributed by atoms with Gasteiger partial charge in [0.25, 0.3) is 11.5 Å². The number of aromatic nitrogens is 1. The molecule has 2 aliphatic heterocycles. The van der Waals surface area contributed by atoms with Crippen molar-refractivity contribution < 1.29 is 13.9 Å². The van der Waals surface area contributed by atoms with E-state index in [1.807, 2.05) is 6.07 Å². The highest BCUT2D eigenvalue weighted by Crippen LogP contribution is 2.36. The number of pyridine rings is 1.